The summed E-state index contributed by atoms with van der Waals surface area (Å²) in [5, 5.41) is 0. The molecule has 0 amide bonds. The molecule has 0 spiro atoms. The lowest BCUT2D eigenvalue weighted by molar-refractivity contribution is 0.202. The van der Waals surface area contributed by atoms with Crippen molar-refractivity contribution in [2.24, 2.45) is 0 Å². The standard InChI is InChI=1S/C100H210O5Si5/c1-11-21-31-41-51-61-71-81-91-106(92-82-72-62-52-42-32-22-12-2)101-107(93-83-73-63-53-43-33-23-13-3,94-84-74-64-54-44-34-24-14-4)103-109(97-87-77-67-57-47-37-27-17-7,98-88-78-68-58-48-38-28-18-8)105-110(99-89-79-69-59-49-39-29-19-9,100-90-80-70-60-50-40-30-20-10)104-108(102-106,95-85-75-65-55-45-35-25-15-5)96-86-76-66-56-46-36-26-16-6/h11-100H2,1-10H3. The van der Waals surface area contributed by atoms with Gasteiger partial charge in [0.25, 0.3) is 0 Å². The molecule has 1 aliphatic rings. The normalized spacial score (nSPS) is 15.5. The van der Waals surface area contributed by atoms with Gasteiger partial charge in [-0.15, -0.1) is 0 Å². The summed E-state index contributed by atoms with van der Waals surface area (Å²) < 4.78 is 47.1. The monoisotopic (exact) mass is 1630 g/mol. The van der Waals surface area contributed by atoms with E-state index in [-0.39, 0.29) is 0 Å². The summed E-state index contributed by atoms with van der Waals surface area (Å²) in [6.07, 6.45) is 109. The van der Waals surface area contributed by atoms with E-state index in [1.54, 1.807) is 0 Å². The fourth-order valence-electron chi connectivity index (χ4n) is 18.7. The van der Waals surface area contributed by atoms with Gasteiger partial charge in [-0.05, 0) is 60.4 Å². The Morgan fingerprint density at radius 2 is 0.155 bits per heavy atom. The van der Waals surface area contributed by atoms with Crippen LogP contribution in [0.25, 0.3) is 0 Å². The molecule has 0 atom stereocenters. The second-order valence-corrected chi connectivity index (χ2v) is 55.5. The first-order chi connectivity index (χ1) is 54.1. The van der Waals surface area contributed by atoms with E-state index in [1.165, 1.54) is 574 Å². The van der Waals surface area contributed by atoms with Crippen molar-refractivity contribution in [2.45, 2.75) is 643 Å². The Labute approximate surface area is 702 Å². The molecule has 1 rings (SSSR count). The second-order valence-electron chi connectivity index (χ2n) is 37.3. The molecule has 110 heavy (non-hydrogen) atoms. The van der Waals surface area contributed by atoms with E-state index in [1.807, 2.05) is 0 Å². The molecular formula is C100H210O5Si5. The minimum atomic E-state index is -3.12. The Kier molecular flexibility index (Phi) is 81.4. The average Bonchev–Trinajstić information content (AvgIpc) is 0.747. The van der Waals surface area contributed by atoms with Crippen LogP contribution in [0.1, 0.15) is 583 Å². The van der Waals surface area contributed by atoms with Crippen LogP contribution in [0, 0.1) is 0 Å². The van der Waals surface area contributed by atoms with Gasteiger partial charge in [-0.1, -0.05) is 583 Å². The summed E-state index contributed by atoms with van der Waals surface area (Å²) >= 11 is 0. The molecule has 1 aliphatic heterocycles. The van der Waals surface area contributed by atoms with Gasteiger partial charge in [0.1, 0.15) is 0 Å². The topological polar surface area (TPSA) is 46.2 Å². The fraction of sp³-hybridized carbons (Fsp3) is 1.00. The fourth-order valence-corrected chi connectivity index (χ4v) is 52.3. The first-order valence-corrected chi connectivity index (χ1v) is 63.8. The lowest BCUT2D eigenvalue weighted by Crippen LogP contribution is -2.70. The third kappa shape index (κ3) is 63.8. The first-order valence-electron chi connectivity index (χ1n) is 52.6. The Hall–Kier alpha value is 0.884. The maximum Gasteiger partial charge on any atom is 0.320 e. The van der Waals surface area contributed by atoms with Crippen LogP contribution in [-0.4, -0.2) is 42.8 Å². The number of hydrogen-bond acceptors (Lipinski definition) is 5. The van der Waals surface area contributed by atoms with Crippen molar-refractivity contribution in [3.05, 3.63) is 0 Å². The highest BCUT2D eigenvalue weighted by Crippen LogP contribution is 2.48. The maximum absolute atomic E-state index is 9.41. The summed E-state index contributed by atoms with van der Waals surface area (Å²) in [5.74, 6) is 0. The van der Waals surface area contributed by atoms with E-state index >= 15 is 0 Å². The molecular weight excluding hydrogens is 1420 g/mol. The molecule has 0 aromatic carbocycles. The highest BCUT2D eigenvalue weighted by molar-refractivity contribution is 6.95. The first kappa shape index (κ1) is 109. The Morgan fingerprint density at radius 1 is 0.0909 bits per heavy atom. The molecule has 0 saturated carbocycles. The predicted octanol–water partition coefficient (Wildman–Crippen LogP) is 38.7. The minimum Gasteiger partial charge on any atom is -0.415 e. The zero-order valence-electron chi connectivity index (χ0n) is 78.2. The van der Waals surface area contributed by atoms with E-state index in [0.717, 1.165) is 0 Å². The zero-order chi connectivity index (χ0) is 79.7. The van der Waals surface area contributed by atoms with Crippen LogP contribution in [0.15, 0.2) is 0 Å². The van der Waals surface area contributed by atoms with Crippen LogP contribution in [0.3, 0.4) is 0 Å². The molecule has 0 aromatic rings. The largest absolute Gasteiger partial charge is 0.415 e. The van der Waals surface area contributed by atoms with Crippen molar-refractivity contribution in [2.75, 3.05) is 0 Å². The van der Waals surface area contributed by atoms with Gasteiger partial charge in [-0.3, -0.25) is 0 Å². The molecule has 10 heteroatoms. The van der Waals surface area contributed by atoms with Crippen molar-refractivity contribution in [3.63, 3.8) is 0 Å². The number of unbranched alkanes of at least 4 members (excludes halogenated alkanes) is 70. The number of hydrogen-bond donors (Lipinski definition) is 0. The molecule has 1 heterocycles. The van der Waals surface area contributed by atoms with E-state index in [0.29, 0.717) is 0 Å². The quantitative estimate of drug-likeness (QED) is 0.0449. The van der Waals surface area contributed by atoms with Crippen molar-refractivity contribution < 1.29 is 20.6 Å². The molecule has 0 N–H and O–H groups in total. The maximum atomic E-state index is 9.41. The predicted molar refractivity (Wildman–Crippen MR) is 508 cm³/mol. The SMILES string of the molecule is CCCCCCCCCC[Si]1(CCCCCCCCCC)O[Si](CCCCCCCCCC)(CCCCCCCCCC)O[Si](CCCCCCCCCC)(CCCCCCCCCC)O[Si](CCCCCCCCCC)(CCCCCCCCCC)O[Si](CCCCCCCCCC)(CCCCCCCCCC)O1. The summed E-state index contributed by atoms with van der Waals surface area (Å²) in [5.41, 5.74) is 0. The van der Waals surface area contributed by atoms with Gasteiger partial charge in [-0.2, -0.15) is 0 Å². The van der Waals surface area contributed by atoms with E-state index in [4.69, 9.17) is 0 Å². The van der Waals surface area contributed by atoms with Crippen molar-refractivity contribution in [1.82, 2.24) is 0 Å². The van der Waals surface area contributed by atoms with E-state index in [2.05, 4.69) is 69.2 Å². The second kappa shape index (κ2) is 82.2. The highest BCUT2D eigenvalue weighted by Gasteiger charge is 2.62. The van der Waals surface area contributed by atoms with Gasteiger partial charge in [0.2, 0.25) is 0 Å². The van der Waals surface area contributed by atoms with Gasteiger partial charge in [-0.25, -0.2) is 0 Å². The van der Waals surface area contributed by atoms with Crippen molar-refractivity contribution in [3.8, 4) is 0 Å². The number of rotatable bonds is 90. The molecule has 0 unspecified atom stereocenters. The molecule has 0 aromatic heterocycles. The Bertz CT molecular complexity index is 1380. The van der Waals surface area contributed by atoms with Gasteiger partial charge in [0.15, 0.2) is 0 Å². The highest BCUT2D eigenvalue weighted by atomic mass is 28.5. The molecule has 0 radical (unpaired) electrons. The summed E-state index contributed by atoms with van der Waals surface area (Å²) in [7, 11) is -15.6. The lowest BCUT2D eigenvalue weighted by Gasteiger charge is -2.54. The summed E-state index contributed by atoms with van der Waals surface area (Å²) in [6.45, 7) is 24.0. The third-order valence-corrected chi connectivity index (χ3v) is 52.0. The van der Waals surface area contributed by atoms with Gasteiger partial charge >= 0.3 is 42.8 Å². The Balaban J connectivity index is 5.14. The van der Waals surface area contributed by atoms with Crippen LogP contribution in [0.4, 0.5) is 0 Å². The molecule has 1 fully saturated rings. The third-order valence-electron chi connectivity index (χ3n) is 26.0. The molecule has 0 aliphatic carbocycles. The van der Waals surface area contributed by atoms with Gasteiger partial charge < -0.3 is 20.6 Å². The zero-order valence-corrected chi connectivity index (χ0v) is 83.2. The lowest BCUT2D eigenvalue weighted by atomic mass is 10.1. The summed E-state index contributed by atoms with van der Waals surface area (Å²) in [6, 6.07) is 11.8. The smallest absolute Gasteiger partial charge is 0.320 e. The van der Waals surface area contributed by atoms with Crippen molar-refractivity contribution in [1.29, 1.82) is 0 Å². The minimum absolute atomic E-state index is 1.18. The molecule has 0 bridgehead atoms. The molecule has 1 saturated heterocycles. The van der Waals surface area contributed by atoms with Gasteiger partial charge in [0, 0.05) is 0 Å². The van der Waals surface area contributed by atoms with Crippen LogP contribution >= 0.6 is 0 Å². The van der Waals surface area contributed by atoms with Crippen LogP contribution in [-0.2, 0) is 20.6 Å². The van der Waals surface area contributed by atoms with Crippen LogP contribution in [0.5, 0.6) is 0 Å². The molecule has 660 valence electrons. The van der Waals surface area contributed by atoms with Crippen molar-refractivity contribution >= 4 is 42.8 Å². The molecule has 5 nitrogen and oxygen atoms in total. The van der Waals surface area contributed by atoms with E-state index < -0.39 is 42.8 Å². The summed E-state index contributed by atoms with van der Waals surface area (Å²) in [4.78, 5) is 0. The van der Waals surface area contributed by atoms with Crippen LogP contribution in [0.2, 0.25) is 60.4 Å². The van der Waals surface area contributed by atoms with Crippen LogP contribution < -0.4 is 0 Å². The average molecular weight is 1630 g/mol. The Morgan fingerprint density at radius 3 is 0.227 bits per heavy atom. The van der Waals surface area contributed by atoms with Gasteiger partial charge in [0.05, 0.1) is 0 Å². The van der Waals surface area contributed by atoms with E-state index in [9.17, 15) is 20.6 Å².